The van der Waals surface area contributed by atoms with Crippen molar-refractivity contribution in [2.75, 3.05) is 0 Å². The van der Waals surface area contributed by atoms with Crippen molar-refractivity contribution in [3.63, 3.8) is 0 Å². The van der Waals surface area contributed by atoms with Gasteiger partial charge in [-0.1, -0.05) is 31.6 Å². The smallest absolute Gasteiger partial charge is 0.0168 e. The molecule has 0 fully saturated rings. The van der Waals surface area contributed by atoms with Crippen molar-refractivity contribution in [3.8, 4) is 0 Å². The summed E-state index contributed by atoms with van der Waals surface area (Å²) >= 11 is 0. The lowest BCUT2D eigenvalue weighted by atomic mass is 9.85. The minimum atomic E-state index is 0.829. The molecule has 1 aliphatic rings. The summed E-state index contributed by atoms with van der Waals surface area (Å²) in [5.41, 5.74) is 3.18. The van der Waals surface area contributed by atoms with Crippen molar-refractivity contribution in [1.82, 2.24) is 0 Å². The largest absolute Gasteiger partial charge is 0.0837 e. The Bertz CT molecular complexity index is 184. The van der Waals surface area contributed by atoms with Gasteiger partial charge in [-0.25, -0.2) is 0 Å². The first-order chi connectivity index (χ1) is 5.29. The Hall–Kier alpha value is -0.520. The fourth-order valence-electron chi connectivity index (χ4n) is 1.81. The molecule has 0 saturated carbocycles. The van der Waals surface area contributed by atoms with E-state index in [0.717, 1.165) is 5.92 Å². The lowest BCUT2D eigenvalue weighted by Crippen LogP contribution is -2.05. The summed E-state index contributed by atoms with van der Waals surface area (Å²) in [5, 5.41) is 0. The zero-order chi connectivity index (χ0) is 8.27. The van der Waals surface area contributed by atoms with Crippen LogP contribution in [0, 0.1) is 5.92 Å². The molecule has 0 bridgehead atoms. The van der Waals surface area contributed by atoms with Crippen molar-refractivity contribution >= 4 is 0 Å². The van der Waals surface area contributed by atoms with Crippen molar-refractivity contribution in [1.29, 1.82) is 0 Å². The average Bonchev–Trinajstić information content (AvgIpc) is 2.05. The molecule has 0 heterocycles. The Morgan fingerprint density at radius 2 is 2.18 bits per heavy atom. The van der Waals surface area contributed by atoms with Crippen LogP contribution in [0.4, 0.5) is 0 Å². The first-order valence-corrected chi connectivity index (χ1v) is 4.65. The molecule has 0 radical (unpaired) electrons. The topological polar surface area (TPSA) is 0 Å². The second kappa shape index (κ2) is 3.75. The summed E-state index contributed by atoms with van der Waals surface area (Å²) in [6.07, 6.45) is 8.35. The van der Waals surface area contributed by atoms with E-state index in [1.165, 1.54) is 19.3 Å². The van der Waals surface area contributed by atoms with E-state index >= 15 is 0 Å². The molecule has 0 saturated heterocycles. The van der Waals surface area contributed by atoms with Crippen LogP contribution >= 0.6 is 0 Å². The summed E-state index contributed by atoms with van der Waals surface area (Å²) < 4.78 is 0. The molecule has 1 aliphatic carbocycles. The van der Waals surface area contributed by atoms with Crippen LogP contribution in [-0.2, 0) is 0 Å². The zero-order valence-corrected chi connectivity index (χ0v) is 7.85. The second-order valence-corrected chi connectivity index (χ2v) is 3.31. The monoisotopic (exact) mass is 150 g/mol. The Balaban J connectivity index is 2.78. The van der Waals surface area contributed by atoms with Gasteiger partial charge in [-0.15, -0.1) is 0 Å². The zero-order valence-electron chi connectivity index (χ0n) is 7.85. The molecule has 1 unspecified atom stereocenters. The fourth-order valence-corrected chi connectivity index (χ4v) is 1.81. The average molecular weight is 150 g/mol. The van der Waals surface area contributed by atoms with E-state index < -0.39 is 0 Å². The van der Waals surface area contributed by atoms with Crippen molar-refractivity contribution in [3.05, 3.63) is 23.3 Å². The number of rotatable bonds is 2. The summed E-state index contributed by atoms with van der Waals surface area (Å²) in [6, 6.07) is 0. The summed E-state index contributed by atoms with van der Waals surface area (Å²) in [4.78, 5) is 0. The highest BCUT2D eigenvalue weighted by Crippen LogP contribution is 2.28. The van der Waals surface area contributed by atoms with Crippen LogP contribution in [0.15, 0.2) is 23.3 Å². The molecule has 0 nitrogen and oxygen atoms in total. The molecular formula is C11H18. The maximum absolute atomic E-state index is 2.32. The number of hydrogen-bond acceptors (Lipinski definition) is 0. The molecule has 62 valence electrons. The van der Waals surface area contributed by atoms with E-state index in [1.54, 1.807) is 11.1 Å². The van der Waals surface area contributed by atoms with Gasteiger partial charge in [0.25, 0.3) is 0 Å². The highest BCUT2D eigenvalue weighted by Gasteiger charge is 2.12. The molecular weight excluding hydrogens is 132 g/mol. The standard InChI is InChI=1S/C11H18/c1-4-10-7-6-8-11(5-2)9(10)3/h6-7,11H,4-5,8H2,1-3H3. The predicted octanol–water partition coefficient (Wildman–Crippen LogP) is 3.70. The molecule has 0 aromatic rings. The summed E-state index contributed by atoms with van der Waals surface area (Å²) in [6.45, 7) is 6.80. The molecule has 0 N–H and O–H groups in total. The Labute approximate surface area is 70.0 Å². The molecule has 0 aromatic carbocycles. The SMILES string of the molecule is CCC1=C(C)C(CC)CC=C1. The highest BCUT2D eigenvalue weighted by atomic mass is 14.2. The molecule has 0 spiro atoms. The Kier molecular flexibility index (Phi) is 2.92. The van der Waals surface area contributed by atoms with Crippen molar-refractivity contribution < 1.29 is 0 Å². The minimum absolute atomic E-state index is 0.829. The normalized spacial score (nSPS) is 24.5. The van der Waals surface area contributed by atoms with Gasteiger partial charge >= 0.3 is 0 Å². The van der Waals surface area contributed by atoms with Crippen LogP contribution in [0.5, 0.6) is 0 Å². The van der Waals surface area contributed by atoms with Crippen LogP contribution < -0.4 is 0 Å². The first kappa shape index (κ1) is 8.58. The van der Waals surface area contributed by atoms with E-state index in [9.17, 15) is 0 Å². The van der Waals surface area contributed by atoms with Gasteiger partial charge < -0.3 is 0 Å². The Morgan fingerprint density at radius 1 is 1.45 bits per heavy atom. The van der Waals surface area contributed by atoms with Gasteiger partial charge in [-0.2, -0.15) is 0 Å². The van der Waals surface area contributed by atoms with E-state index in [4.69, 9.17) is 0 Å². The third-order valence-electron chi connectivity index (χ3n) is 2.73. The maximum atomic E-state index is 2.32. The van der Waals surface area contributed by atoms with Gasteiger partial charge in [0, 0.05) is 0 Å². The van der Waals surface area contributed by atoms with Crippen molar-refractivity contribution in [2.24, 2.45) is 5.92 Å². The van der Waals surface area contributed by atoms with Gasteiger partial charge in [0.05, 0.1) is 0 Å². The number of hydrogen-bond donors (Lipinski definition) is 0. The highest BCUT2D eigenvalue weighted by molar-refractivity contribution is 5.29. The molecule has 0 heteroatoms. The molecule has 11 heavy (non-hydrogen) atoms. The van der Waals surface area contributed by atoms with E-state index in [2.05, 4.69) is 32.9 Å². The lowest BCUT2D eigenvalue weighted by Gasteiger charge is -2.20. The van der Waals surface area contributed by atoms with Crippen LogP contribution in [0.25, 0.3) is 0 Å². The molecule has 0 aromatic heterocycles. The van der Waals surface area contributed by atoms with Crippen LogP contribution in [0.2, 0.25) is 0 Å². The summed E-state index contributed by atoms with van der Waals surface area (Å²) in [5.74, 6) is 0.829. The third-order valence-corrected chi connectivity index (χ3v) is 2.73. The quantitative estimate of drug-likeness (QED) is 0.563. The summed E-state index contributed by atoms with van der Waals surface area (Å²) in [7, 11) is 0. The number of allylic oxidation sites excluding steroid dienone is 4. The first-order valence-electron chi connectivity index (χ1n) is 4.65. The van der Waals surface area contributed by atoms with Crippen molar-refractivity contribution in [2.45, 2.75) is 40.0 Å². The van der Waals surface area contributed by atoms with Gasteiger partial charge in [0.1, 0.15) is 0 Å². The van der Waals surface area contributed by atoms with Crippen LogP contribution in [0.1, 0.15) is 40.0 Å². The minimum Gasteiger partial charge on any atom is -0.0837 e. The molecule has 1 atom stereocenters. The van der Waals surface area contributed by atoms with Gasteiger partial charge in [-0.05, 0) is 37.7 Å². The maximum Gasteiger partial charge on any atom is -0.0168 e. The van der Waals surface area contributed by atoms with Gasteiger partial charge in [0.2, 0.25) is 0 Å². The van der Waals surface area contributed by atoms with Gasteiger partial charge in [0.15, 0.2) is 0 Å². The lowest BCUT2D eigenvalue weighted by molar-refractivity contribution is 0.586. The fraction of sp³-hybridized carbons (Fsp3) is 0.636. The van der Waals surface area contributed by atoms with E-state index in [1.807, 2.05) is 0 Å². The second-order valence-electron chi connectivity index (χ2n) is 3.31. The Morgan fingerprint density at radius 3 is 2.73 bits per heavy atom. The molecule has 0 amide bonds. The predicted molar refractivity (Wildman–Crippen MR) is 50.5 cm³/mol. The van der Waals surface area contributed by atoms with E-state index in [0.29, 0.717) is 0 Å². The van der Waals surface area contributed by atoms with Crippen LogP contribution in [-0.4, -0.2) is 0 Å². The van der Waals surface area contributed by atoms with Gasteiger partial charge in [-0.3, -0.25) is 0 Å². The van der Waals surface area contributed by atoms with E-state index in [-0.39, 0.29) is 0 Å². The van der Waals surface area contributed by atoms with Crippen LogP contribution in [0.3, 0.4) is 0 Å². The third kappa shape index (κ3) is 1.74. The molecule has 1 rings (SSSR count). The molecule has 0 aliphatic heterocycles.